The Balaban J connectivity index is 1.98. The predicted molar refractivity (Wildman–Crippen MR) is 104 cm³/mol. The molecule has 0 unspecified atom stereocenters. The SMILES string of the molecule is COc1ccc(CCCN(C)C(=O)c2cccc(S(C)(=O)=O)c2)cc1OC. The molecule has 2 rings (SSSR count). The molecule has 0 bridgehead atoms. The van der Waals surface area contributed by atoms with Gasteiger partial charge in [-0.15, -0.1) is 0 Å². The highest BCUT2D eigenvalue weighted by atomic mass is 32.2. The van der Waals surface area contributed by atoms with Crippen molar-refractivity contribution >= 4 is 15.7 Å². The second-order valence-electron chi connectivity index (χ2n) is 6.32. The fourth-order valence-corrected chi connectivity index (χ4v) is 3.40. The van der Waals surface area contributed by atoms with Gasteiger partial charge in [-0.25, -0.2) is 8.42 Å². The lowest BCUT2D eigenvalue weighted by Crippen LogP contribution is -2.28. The molecule has 0 atom stereocenters. The van der Waals surface area contributed by atoms with Crippen molar-refractivity contribution in [3.05, 3.63) is 53.6 Å². The van der Waals surface area contributed by atoms with Gasteiger partial charge in [-0.1, -0.05) is 12.1 Å². The van der Waals surface area contributed by atoms with Crippen LogP contribution in [-0.2, 0) is 16.3 Å². The molecule has 0 aliphatic carbocycles. The fourth-order valence-electron chi connectivity index (χ4n) is 2.74. The normalized spacial score (nSPS) is 11.1. The number of carbonyl (C=O) groups excluding carboxylic acids is 1. The van der Waals surface area contributed by atoms with Crippen LogP contribution >= 0.6 is 0 Å². The Labute approximate surface area is 160 Å². The van der Waals surface area contributed by atoms with Crippen LogP contribution in [0.25, 0.3) is 0 Å². The minimum absolute atomic E-state index is 0.145. The standard InChI is InChI=1S/C20H25NO5S/c1-21(20(22)16-8-5-9-17(14-16)27(4,23)24)12-6-7-15-10-11-18(25-2)19(13-15)26-3/h5,8-11,13-14H,6-7,12H2,1-4H3. The minimum atomic E-state index is -3.34. The number of nitrogens with zero attached hydrogens (tertiary/aromatic N) is 1. The third-order valence-electron chi connectivity index (χ3n) is 4.26. The Morgan fingerprint density at radius 3 is 2.37 bits per heavy atom. The molecule has 6 nitrogen and oxygen atoms in total. The Morgan fingerprint density at radius 2 is 1.74 bits per heavy atom. The topological polar surface area (TPSA) is 72.9 Å². The zero-order chi connectivity index (χ0) is 20.0. The third kappa shape index (κ3) is 5.47. The molecule has 0 saturated carbocycles. The number of ether oxygens (including phenoxy) is 2. The Bertz CT molecular complexity index is 908. The summed E-state index contributed by atoms with van der Waals surface area (Å²) in [5.41, 5.74) is 1.46. The van der Waals surface area contributed by atoms with Crippen molar-refractivity contribution in [3.8, 4) is 11.5 Å². The molecular formula is C20H25NO5S. The molecular weight excluding hydrogens is 366 g/mol. The maximum absolute atomic E-state index is 12.5. The van der Waals surface area contributed by atoms with E-state index in [0.717, 1.165) is 24.7 Å². The van der Waals surface area contributed by atoms with Gasteiger partial charge in [0, 0.05) is 25.4 Å². The summed E-state index contributed by atoms with van der Waals surface area (Å²) in [7, 11) is 1.56. The summed E-state index contributed by atoms with van der Waals surface area (Å²) in [4.78, 5) is 14.3. The van der Waals surface area contributed by atoms with E-state index >= 15 is 0 Å². The predicted octanol–water partition coefficient (Wildman–Crippen LogP) is 2.81. The van der Waals surface area contributed by atoms with Crippen molar-refractivity contribution in [2.45, 2.75) is 17.7 Å². The summed E-state index contributed by atoms with van der Waals surface area (Å²) in [5, 5.41) is 0. The number of sulfone groups is 1. The van der Waals surface area contributed by atoms with Gasteiger partial charge in [0.15, 0.2) is 21.3 Å². The monoisotopic (exact) mass is 391 g/mol. The van der Waals surface area contributed by atoms with Gasteiger partial charge < -0.3 is 14.4 Å². The lowest BCUT2D eigenvalue weighted by Gasteiger charge is -2.18. The maximum atomic E-state index is 12.5. The lowest BCUT2D eigenvalue weighted by molar-refractivity contribution is 0.0793. The van der Waals surface area contributed by atoms with Crippen LogP contribution in [0.2, 0.25) is 0 Å². The molecule has 0 aliphatic heterocycles. The van der Waals surface area contributed by atoms with Crippen molar-refractivity contribution in [3.63, 3.8) is 0 Å². The highest BCUT2D eigenvalue weighted by molar-refractivity contribution is 7.90. The summed E-state index contributed by atoms with van der Waals surface area (Å²) < 4.78 is 33.8. The number of methoxy groups -OCH3 is 2. The smallest absolute Gasteiger partial charge is 0.253 e. The average molecular weight is 391 g/mol. The molecule has 1 amide bonds. The number of carbonyl (C=O) groups is 1. The van der Waals surface area contributed by atoms with Crippen molar-refractivity contribution in [1.82, 2.24) is 4.90 Å². The van der Waals surface area contributed by atoms with Crippen molar-refractivity contribution in [1.29, 1.82) is 0 Å². The number of aryl methyl sites for hydroxylation is 1. The van der Waals surface area contributed by atoms with E-state index < -0.39 is 9.84 Å². The molecule has 0 radical (unpaired) electrons. The van der Waals surface area contributed by atoms with Gasteiger partial charge in [-0.3, -0.25) is 4.79 Å². The zero-order valence-corrected chi connectivity index (χ0v) is 16.9. The summed E-state index contributed by atoms with van der Waals surface area (Å²) in [5.74, 6) is 1.16. The summed E-state index contributed by atoms with van der Waals surface area (Å²) in [6.07, 6.45) is 2.67. The fraction of sp³-hybridized carbons (Fsp3) is 0.350. The van der Waals surface area contributed by atoms with E-state index in [-0.39, 0.29) is 10.8 Å². The number of rotatable bonds is 8. The van der Waals surface area contributed by atoms with Crippen LogP contribution in [0.5, 0.6) is 11.5 Å². The quantitative estimate of drug-likeness (QED) is 0.692. The molecule has 0 aromatic heterocycles. The molecule has 0 heterocycles. The first-order valence-electron chi connectivity index (χ1n) is 8.52. The highest BCUT2D eigenvalue weighted by Gasteiger charge is 2.15. The van der Waals surface area contributed by atoms with E-state index in [1.807, 2.05) is 18.2 Å². The second-order valence-corrected chi connectivity index (χ2v) is 8.34. The molecule has 0 saturated heterocycles. The van der Waals surface area contributed by atoms with Crippen molar-refractivity contribution < 1.29 is 22.7 Å². The van der Waals surface area contributed by atoms with Crippen LogP contribution in [0.1, 0.15) is 22.3 Å². The maximum Gasteiger partial charge on any atom is 0.253 e. The summed E-state index contributed by atoms with van der Waals surface area (Å²) in [6, 6.07) is 11.9. The number of amides is 1. The molecule has 0 fully saturated rings. The minimum Gasteiger partial charge on any atom is -0.493 e. The summed E-state index contributed by atoms with van der Waals surface area (Å²) in [6.45, 7) is 0.552. The number of hydrogen-bond donors (Lipinski definition) is 0. The van der Waals surface area contributed by atoms with Crippen LogP contribution in [0, 0.1) is 0 Å². The molecule has 0 N–H and O–H groups in total. The largest absolute Gasteiger partial charge is 0.493 e. The third-order valence-corrected chi connectivity index (χ3v) is 5.37. The van der Waals surface area contributed by atoms with Gasteiger partial charge in [0.05, 0.1) is 19.1 Å². The van der Waals surface area contributed by atoms with Crippen LogP contribution in [0.3, 0.4) is 0 Å². The van der Waals surface area contributed by atoms with Gasteiger partial charge >= 0.3 is 0 Å². The van der Waals surface area contributed by atoms with Gasteiger partial charge in [0.2, 0.25) is 0 Å². The Kier molecular flexibility index (Phi) is 6.85. The molecule has 27 heavy (non-hydrogen) atoms. The number of benzene rings is 2. The first-order valence-corrected chi connectivity index (χ1v) is 10.4. The van der Waals surface area contributed by atoms with Gasteiger partial charge in [-0.05, 0) is 48.7 Å². The van der Waals surface area contributed by atoms with E-state index in [0.29, 0.717) is 23.6 Å². The van der Waals surface area contributed by atoms with Crippen LogP contribution in [0.15, 0.2) is 47.4 Å². The first-order chi connectivity index (χ1) is 12.8. The van der Waals surface area contributed by atoms with E-state index in [9.17, 15) is 13.2 Å². The molecule has 146 valence electrons. The Morgan fingerprint density at radius 1 is 1.04 bits per heavy atom. The average Bonchev–Trinajstić information content (AvgIpc) is 2.66. The van der Waals surface area contributed by atoms with Gasteiger partial charge in [0.25, 0.3) is 5.91 Å². The number of hydrogen-bond acceptors (Lipinski definition) is 5. The Hall–Kier alpha value is -2.54. The van der Waals surface area contributed by atoms with Crippen LogP contribution < -0.4 is 9.47 Å². The van der Waals surface area contributed by atoms with Gasteiger partial charge in [0.1, 0.15) is 0 Å². The molecule has 0 spiro atoms. The van der Waals surface area contributed by atoms with E-state index in [1.54, 1.807) is 38.3 Å². The van der Waals surface area contributed by atoms with Crippen molar-refractivity contribution in [2.75, 3.05) is 34.1 Å². The van der Waals surface area contributed by atoms with E-state index in [1.165, 1.54) is 12.1 Å². The lowest BCUT2D eigenvalue weighted by atomic mass is 10.1. The van der Waals surface area contributed by atoms with Crippen molar-refractivity contribution in [2.24, 2.45) is 0 Å². The van der Waals surface area contributed by atoms with Crippen LogP contribution in [-0.4, -0.2) is 53.3 Å². The van der Waals surface area contributed by atoms with E-state index in [2.05, 4.69) is 0 Å². The van der Waals surface area contributed by atoms with Crippen LogP contribution in [0.4, 0.5) is 0 Å². The zero-order valence-electron chi connectivity index (χ0n) is 16.1. The molecule has 0 aliphatic rings. The molecule has 7 heteroatoms. The van der Waals surface area contributed by atoms with Gasteiger partial charge in [-0.2, -0.15) is 0 Å². The highest BCUT2D eigenvalue weighted by Crippen LogP contribution is 2.28. The molecule has 2 aromatic rings. The summed E-state index contributed by atoms with van der Waals surface area (Å²) >= 11 is 0. The second kappa shape index (κ2) is 8.90. The molecule has 2 aromatic carbocycles. The first kappa shape index (κ1) is 20.8. The van der Waals surface area contributed by atoms with E-state index in [4.69, 9.17) is 9.47 Å².